The quantitative estimate of drug-likeness (QED) is 0.539. The highest BCUT2D eigenvalue weighted by atomic mass is 19.1. The molecular formula is C23H22FN3O4. The van der Waals surface area contributed by atoms with Gasteiger partial charge in [-0.2, -0.15) is 4.98 Å². The van der Waals surface area contributed by atoms with Crippen molar-refractivity contribution in [3.8, 4) is 11.4 Å². The van der Waals surface area contributed by atoms with Crippen LogP contribution in [0.2, 0.25) is 0 Å². The number of esters is 1. The van der Waals surface area contributed by atoms with Gasteiger partial charge >= 0.3 is 5.97 Å². The lowest BCUT2D eigenvalue weighted by molar-refractivity contribution is -0.160. The van der Waals surface area contributed by atoms with E-state index in [0.717, 1.165) is 12.8 Å². The number of carbonyl (C=O) groups is 2. The Morgan fingerprint density at radius 2 is 1.77 bits per heavy atom. The zero-order chi connectivity index (χ0) is 21.6. The van der Waals surface area contributed by atoms with Gasteiger partial charge in [0.05, 0.1) is 6.42 Å². The molecule has 160 valence electrons. The number of halogens is 1. The Balaban J connectivity index is 1.39. The van der Waals surface area contributed by atoms with E-state index in [2.05, 4.69) is 10.1 Å². The molecule has 4 rings (SSSR count). The maximum Gasteiger partial charge on any atom is 0.307 e. The van der Waals surface area contributed by atoms with Crippen molar-refractivity contribution >= 4 is 11.9 Å². The van der Waals surface area contributed by atoms with Crippen molar-refractivity contribution in [2.24, 2.45) is 0 Å². The van der Waals surface area contributed by atoms with Crippen LogP contribution < -0.4 is 0 Å². The van der Waals surface area contributed by atoms with E-state index in [9.17, 15) is 14.0 Å². The molecule has 0 bridgehead atoms. The van der Waals surface area contributed by atoms with Gasteiger partial charge < -0.3 is 14.2 Å². The van der Waals surface area contributed by atoms with E-state index in [1.807, 2.05) is 18.2 Å². The van der Waals surface area contributed by atoms with Crippen LogP contribution in [0, 0.1) is 5.82 Å². The lowest BCUT2D eigenvalue weighted by atomic mass is 10.1. The molecule has 0 spiro atoms. The zero-order valence-corrected chi connectivity index (χ0v) is 16.9. The highest BCUT2D eigenvalue weighted by Crippen LogP contribution is 2.24. The van der Waals surface area contributed by atoms with Gasteiger partial charge in [-0.05, 0) is 37.1 Å². The third-order valence-corrected chi connectivity index (χ3v) is 5.11. The second-order valence-electron chi connectivity index (χ2n) is 7.33. The minimum Gasteiger partial charge on any atom is -0.447 e. The summed E-state index contributed by atoms with van der Waals surface area (Å²) in [5.41, 5.74) is 1.25. The van der Waals surface area contributed by atoms with Crippen LogP contribution in [0.15, 0.2) is 59.1 Å². The summed E-state index contributed by atoms with van der Waals surface area (Å²) in [5.74, 6) is -0.504. The molecule has 0 saturated carbocycles. The monoisotopic (exact) mass is 423 g/mol. The largest absolute Gasteiger partial charge is 0.447 e. The molecule has 0 N–H and O–H groups in total. The van der Waals surface area contributed by atoms with E-state index in [4.69, 9.17) is 9.26 Å². The first-order chi connectivity index (χ1) is 15.1. The molecule has 1 aliphatic heterocycles. The summed E-state index contributed by atoms with van der Waals surface area (Å²) in [4.78, 5) is 31.4. The predicted octanol–water partition coefficient (Wildman–Crippen LogP) is 3.72. The molecule has 31 heavy (non-hydrogen) atoms. The number of ether oxygens (including phenoxy) is 1. The fraction of sp³-hybridized carbons (Fsp3) is 0.304. The number of aryl methyl sites for hydroxylation is 1. The van der Waals surface area contributed by atoms with Crippen LogP contribution in [-0.2, 0) is 20.7 Å². The van der Waals surface area contributed by atoms with Crippen molar-refractivity contribution in [3.63, 3.8) is 0 Å². The Morgan fingerprint density at radius 3 is 2.48 bits per heavy atom. The summed E-state index contributed by atoms with van der Waals surface area (Å²) in [6, 6.07) is 14.7. The Kier molecular flexibility index (Phi) is 6.35. The summed E-state index contributed by atoms with van der Waals surface area (Å²) in [7, 11) is 0. The first-order valence-electron chi connectivity index (χ1n) is 10.2. The Labute approximate surface area is 178 Å². The average molecular weight is 423 g/mol. The molecule has 1 unspecified atom stereocenters. The molecule has 1 saturated heterocycles. The molecular weight excluding hydrogens is 401 g/mol. The van der Waals surface area contributed by atoms with Crippen LogP contribution in [0.25, 0.3) is 11.4 Å². The van der Waals surface area contributed by atoms with Gasteiger partial charge in [0.1, 0.15) is 5.82 Å². The smallest absolute Gasteiger partial charge is 0.307 e. The van der Waals surface area contributed by atoms with Gasteiger partial charge in [-0.1, -0.05) is 35.5 Å². The van der Waals surface area contributed by atoms with Gasteiger partial charge in [0, 0.05) is 30.6 Å². The summed E-state index contributed by atoms with van der Waals surface area (Å²) >= 11 is 0. The van der Waals surface area contributed by atoms with E-state index in [-0.39, 0.29) is 30.5 Å². The minimum atomic E-state index is -0.968. The summed E-state index contributed by atoms with van der Waals surface area (Å²) in [5, 5.41) is 3.86. The van der Waals surface area contributed by atoms with E-state index < -0.39 is 12.1 Å². The molecule has 3 aromatic rings. The molecule has 2 aromatic carbocycles. The van der Waals surface area contributed by atoms with Crippen LogP contribution in [0.1, 0.15) is 36.8 Å². The van der Waals surface area contributed by atoms with Crippen LogP contribution in [0.4, 0.5) is 4.39 Å². The summed E-state index contributed by atoms with van der Waals surface area (Å²) < 4.78 is 23.8. The SMILES string of the molecule is O=C(CCc1nc(-c2ccc(F)cc2)no1)OC(C(=O)N1CCCC1)c1ccccc1. The van der Waals surface area contributed by atoms with Crippen LogP contribution >= 0.6 is 0 Å². The second kappa shape index (κ2) is 9.51. The number of amides is 1. The van der Waals surface area contributed by atoms with Gasteiger partial charge in [0.2, 0.25) is 17.8 Å². The van der Waals surface area contributed by atoms with Crippen molar-refractivity contribution in [1.29, 1.82) is 0 Å². The van der Waals surface area contributed by atoms with Crippen molar-refractivity contribution < 1.29 is 23.2 Å². The van der Waals surface area contributed by atoms with E-state index >= 15 is 0 Å². The van der Waals surface area contributed by atoms with Crippen molar-refractivity contribution in [1.82, 2.24) is 15.0 Å². The topological polar surface area (TPSA) is 85.5 Å². The molecule has 1 aromatic heterocycles. The highest BCUT2D eigenvalue weighted by Gasteiger charge is 2.31. The number of carbonyl (C=O) groups excluding carboxylic acids is 2. The van der Waals surface area contributed by atoms with E-state index in [1.165, 1.54) is 12.1 Å². The molecule has 1 aliphatic rings. The number of hydrogen-bond acceptors (Lipinski definition) is 6. The van der Waals surface area contributed by atoms with Crippen LogP contribution in [0.5, 0.6) is 0 Å². The molecule has 7 nitrogen and oxygen atoms in total. The maximum absolute atomic E-state index is 13.1. The van der Waals surface area contributed by atoms with Crippen molar-refractivity contribution in [3.05, 3.63) is 71.9 Å². The fourth-order valence-electron chi connectivity index (χ4n) is 3.46. The minimum absolute atomic E-state index is 0.0122. The van der Waals surface area contributed by atoms with Gasteiger partial charge in [-0.25, -0.2) is 4.39 Å². The molecule has 1 atom stereocenters. The molecule has 2 heterocycles. The lowest BCUT2D eigenvalue weighted by Crippen LogP contribution is -2.34. The third-order valence-electron chi connectivity index (χ3n) is 5.11. The number of likely N-dealkylation sites (tertiary alicyclic amines) is 1. The highest BCUT2D eigenvalue weighted by molar-refractivity contribution is 5.85. The van der Waals surface area contributed by atoms with Gasteiger partial charge in [-0.3, -0.25) is 9.59 Å². The van der Waals surface area contributed by atoms with Crippen molar-refractivity contribution in [2.75, 3.05) is 13.1 Å². The van der Waals surface area contributed by atoms with Gasteiger partial charge in [-0.15, -0.1) is 0 Å². The van der Waals surface area contributed by atoms with Crippen molar-refractivity contribution in [2.45, 2.75) is 31.8 Å². The Hall–Kier alpha value is -3.55. The third kappa shape index (κ3) is 5.14. The molecule has 8 heteroatoms. The number of nitrogens with zero attached hydrogens (tertiary/aromatic N) is 3. The average Bonchev–Trinajstić information content (AvgIpc) is 3.49. The lowest BCUT2D eigenvalue weighted by Gasteiger charge is -2.23. The van der Waals surface area contributed by atoms with E-state index in [0.29, 0.717) is 30.0 Å². The second-order valence-corrected chi connectivity index (χ2v) is 7.33. The molecule has 1 fully saturated rings. The number of aromatic nitrogens is 2. The first-order valence-corrected chi connectivity index (χ1v) is 10.2. The zero-order valence-electron chi connectivity index (χ0n) is 16.9. The van der Waals surface area contributed by atoms with Crippen LogP contribution in [-0.4, -0.2) is 40.0 Å². The van der Waals surface area contributed by atoms with Crippen LogP contribution in [0.3, 0.4) is 0 Å². The molecule has 0 radical (unpaired) electrons. The standard InChI is InChI=1S/C23H22FN3O4/c24-18-10-8-17(9-11-18)22-25-19(31-26-22)12-13-20(28)30-21(16-6-2-1-3-7-16)23(29)27-14-4-5-15-27/h1-3,6-11,21H,4-5,12-15H2. The number of rotatable bonds is 7. The number of hydrogen-bond donors (Lipinski definition) is 0. The number of benzene rings is 2. The fourth-order valence-corrected chi connectivity index (χ4v) is 3.46. The predicted molar refractivity (Wildman–Crippen MR) is 109 cm³/mol. The first kappa shape index (κ1) is 20.7. The Morgan fingerprint density at radius 1 is 1.06 bits per heavy atom. The Bertz CT molecular complexity index is 1030. The van der Waals surface area contributed by atoms with Gasteiger partial charge in [0.25, 0.3) is 5.91 Å². The molecule has 0 aliphatic carbocycles. The normalized spacial score (nSPS) is 14.4. The molecule has 1 amide bonds. The summed E-state index contributed by atoms with van der Waals surface area (Å²) in [6.45, 7) is 1.35. The van der Waals surface area contributed by atoms with E-state index in [1.54, 1.807) is 29.2 Å². The summed E-state index contributed by atoms with van der Waals surface area (Å²) in [6.07, 6.45) is 1.10. The van der Waals surface area contributed by atoms with Gasteiger partial charge in [0.15, 0.2) is 0 Å². The maximum atomic E-state index is 13.1.